The van der Waals surface area contributed by atoms with Crippen molar-refractivity contribution in [2.75, 3.05) is 30.8 Å². The van der Waals surface area contributed by atoms with E-state index in [2.05, 4.69) is 10.3 Å². The minimum absolute atomic E-state index is 0.454. The van der Waals surface area contributed by atoms with Crippen LogP contribution >= 0.6 is 0 Å². The average molecular weight is 241 g/mol. The summed E-state index contributed by atoms with van der Waals surface area (Å²) in [6.45, 7) is 1.90. The van der Waals surface area contributed by atoms with Crippen LogP contribution in [0.4, 0.5) is 5.82 Å². The fourth-order valence-electron chi connectivity index (χ4n) is 1.85. The van der Waals surface area contributed by atoms with Crippen LogP contribution in [0.15, 0.2) is 24.4 Å². The molecule has 1 saturated heterocycles. The lowest BCUT2D eigenvalue weighted by atomic mass is 10.3. The largest absolute Gasteiger partial charge is 0.337 e. The summed E-state index contributed by atoms with van der Waals surface area (Å²) in [5.41, 5.74) is 0. The first-order valence-corrected chi connectivity index (χ1v) is 7.12. The lowest BCUT2D eigenvalue weighted by molar-refractivity contribution is 0.519. The van der Waals surface area contributed by atoms with Gasteiger partial charge in [0.2, 0.25) is 0 Å². The standard InChI is InChI=1S/C10H15N3O2S/c1-16(14,15)10-8-11-6-7-13(10)9-4-2-3-5-12-9/h2-5,10-11H,6-8H2,1H3. The van der Waals surface area contributed by atoms with Gasteiger partial charge < -0.3 is 10.2 Å². The van der Waals surface area contributed by atoms with E-state index < -0.39 is 15.2 Å². The molecule has 1 aromatic heterocycles. The zero-order chi connectivity index (χ0) is 11.6. The number of anilines is 1. The molecule has 1 fully saturated rings. The third kappa shape index (κ3) is 2.33. The fraction of sp³-hybridized carbons (Fsp3) is 0.500. The summed E-state index contributed by atoms with van der Waals surface area (Å²) in [5.74, 6) is 0.722. The molecule has 1 unspecified atom stereocenters. The van der Waals surface area contributed by atoms with E-state index in [0.29, 0.717) is 13.1 Å². The van der Waals surface area contributed by atoms with Crippen molar-refractivity contribution < 1.29 is 8.42 Å². The lowest BCUT2D eigenvalue weighted by Gasteiger charge is -2.35. The molecule has 1 aromatic rings. The van der Waals surface area contributed by atoms with Gasteiger partial charge in [0.15, 0.2) is 9.84 Å². The molecule has 0 aliphatic carbocycles. The minimum Gasteiger partial charge on any atom is -0.337 e. The Morgan fingerprint density at radius 1 is 1.50 bits per heavy atom. The number of aromatic nitrogens is 1. The van der Waals surface area contributed by atoms with Crippen LogP contribution in [0.3, 0.4) is 0 Å². The van der Waals surface area contributed by atoms with Crippen molar-refractivity contribution in [2.45, 2.75) is 5.37 Å². The highest BCUT2D eigenvalue weighted by Gasteiger charge is 2.30. The third-order valence-electron chi connectivity index (χ3n) is 2.63. The van der Waals surface area contributed by atoms with E-state index in [1.165, 1.54) is 6.26 Å². The van der Waals surface area contributed by atoms with Crippen molar-refractivity contribution >= 4 is 15.7 Å². The maximum atomic E-state index is 11.7. The Labute approximate surface area is 95.4 Å². The first-order chi connectivity index (χ1) is 7.59. The van der Waals surface area contributed by atoms with Gasteiger partial charge in [-0.3, -0.25) is 0 Å². The summed E-state index contributed by atoms with van der Waals surface area (Å²) in [5, 5.41) is 2.58. The Bertz CT molecular complexity index is 446. The van der Waals surface area contributed by atoms with Gasteiger partial charge in [0.1, 0.15) is 11.2 Å². The second-order valence-electron chi connectivity index (χ2n) is 3.87. The van der Waals surface area contributed by atoms with E-state index in [-0.39, 0.29) is 0 Å². The van der Waals surface area contributed by atoms with Crippen molar-refractivity contribution in [1.82, 2.24) is 10.3 Å². The summed E-state index contributed by atoms with van der Waals surface area (Å²) < 4.78 is 23.3. The van der Waals surface area contributed by atoms with E-state index in [9.17, 15) is 8.42 Å². The highest BCUT2D eigenvalue weighted by atomic mass is 32.2. The maximum Gasteiger partial charge on any atom is 0.169 e. The predicted molar refractivity (Wildman–Crippen MR) is 63.1 cm³/mol. The molecule has 1 N–H and O–H groups in total. The molecule has 16 heavy (non-hydrogen) atoms. The molecule has 1 aliphatic heterocycles. The number of sulfone groups is 1. The van der Waals surface area contributed by atoms with Gasteiger partial charge in [-0.2, -0.15) is 0 Å². The van der Waals surface area contributed by atoms with E-state index in [1.807, 2.05) is 23.1 Å². The third-order valence-corrected chi connectivity index (χ3v) is 4.04. The van der Waals surface area contributed by atoms with Crippen LogP contribution in [-0.2, 0) is 9.84 Å². The molecule has 2 heterocycles. The number of piperazine rings is 1. The molecule has 88 valence electrons. The molecule has 0 saturated carbocycles. The van der Waals surface area contributed by atoms with Crippen LogP contribution in [0.5, 0.6) is 0 Å². The van der Waals surface area contributed by atoms with Gasteiger partial charge in [-0.15, -0.1) is 0 Å². The summed E-state index contributed by atoms with van der Waals surface area (Å²) in [6.07, 6.45) is 2.94. The Hall–Kier alpha value is -1.14. The summed E-state index contributed by atoms with van der Waals surface area (Å²) in [6, 6.07) is 5.52. The summed E-state index contributed by atoms with van der Waals surface area (Å²) in [4.78, 5) is 6.04. The van der Waals surface area contributed by atoms with Gasteiger partial charge in [-0.05, 0) is 12.1 Å². The number of nitrogens with one attached hydrogen (secondary N) is 1. The van der Waals surface area contributed by atoms with Crippen molar-refractivity contribution in [1.29, 1.82) is 0 Å². The lowest BCUT2D eigenvalue weighted by Crippen LogP contribution is -2.55. The maximum absolute atomic E-state index is 11.7. The highest BCUT2D eigenvalue weighted by Crippen LogP contribution is 2.17. The van der Waals surface area contributed by atoms with Crippen LogP contribution < -0.4 is 10.2 Å². The van der Waals surface area contributed by atoms with Crippen LogP contribution in [0.25, 0.3) is 0 Å². The van der Waals surface area contributed by atoms with Crippen LogP contribution in [0, 0.1) is 0 Å². The first-order valence-electron chi connectivity index (χ1n) is 5.16. The van der Waals surface area contributed by atoms with Gasteiger partial charge in [-0.1, -0.05) is 6.07 Å². The second-order valence-corrected chi connectivity index (χ2v) is 6.07. The molecule has 1 atom stereocenters. The average Bonchev–Trinajstić information content (AvgIpc) is 2.29. The van der Waals surface area contributed by atoms with E-state index in [1.54, 1.807) is 6.20 Å². The predicted octanol–water partition coefficient (Wildman–Crippen LogP) is -0.138. The van der Waals surface area contributed by atoms with Gasteiger partial charge in [0.05, 0.1) is 0 Å². The Morgan fingerprint density at radius 3 is 2.94 bits per heavy atom. The first kappa shape index (κ1) is 11.3. The van der Waals surface area contributed by atoms with Crippen molar-refractivity contribution in [3.05, 3.63) is 24.4 Å². The van der Waals surface area contributed by atoms with E-state index >= 15 is 0 Å². The molecule has 0 aromatic carbocycles. The Morgan fingerprint density at radius 2 is 2.31 bits per heavy atom. The van der Waals surface area contributed by atoms with Gasteiger partial charge in [0, 0.05) is 32.1 Å². The summed E-state index contributed by atoms with van der Waals surface area (Å²) >= 11 is 0. The molecule has 0 amide bonds. The monoisotopic (exact) mass is 241 g/mol. The Balaban J connectivity index is 2.31. The molecule has 2 rings (SSSR count). The van der Waals surface area contributed by atoms with Crippen molar-refractivity contribution in [2.24, 2.45) is 0 Å². The molecule has 0 radical (unpaired) electrons. The fourth-order valence-corrected chi connectivity index (χ4v) is 2.94. The molecule has 6 heteroatoms. The number of pyridine rings is 1. The Kier molecular flexibility index (Phi) is 3.11. The molecule has 0 bridgehead atoms. The zero-order valence-electron chi connectivity index (χ0n) is 9.13. The molecule has 5 nitrogen and oxygen atoms in total. The van der Waals surface area contributed by atoms with Crippen molar-refractivity contribution in [3.63, 3.8) is 0 Å². The number of hydrogen-bond donors (Lipinski definition) is 1. The molecular formula is C10H15N3O2S. The SMILES string of the molecule is CS(=O)(=O)C1CNCCN1c1ccccn1. The normalized spacial score (nSPS) is 22.1. The molecular weight excluding hydrogens is 226 g/mol. The zero-order valence-corrected chi connectivity index (χ0v) is 9.94. The summed E-state index contributed by atoms with van der Waals surface area (Å²) in [7, 11) is -3.10. The van der Waals surface area contributed by atoms with Crippen LogP contribution in [0.1, 0.15) is 0 Å². The highest BCUT2D eigenvalue weighted by molar-refractivity contribution is 7.91. The van der Waals surface area contributed by atoms with E-state index in [4.69, 9.17) is 0 Å². The smallest absolute Gasteiger partial charge is 0.169 e. The number of hydrogen-bond acceptors (Lipinski definition) is 5. The van der Waals surface area contributed by atoms with Gasteiger partial charge in [0.25, 0.3) is 0 Å². The van der Waals surface area contributed by atoms with E-state index in [0.717, 1.165) is 12.4 Å². The quantitative estimate of drug-likeness (QED) is 0.781. The second kappa shape index (κ2) is 4.39. The molecule has 1 aliphatic rings. The van der Waals surface area contributed by atoms with Crippen LogP contribution in [0.2, 0.25) is 0 Å². The topological polar surface area (TPSA) is 62.3 Å². The number of rotatable bonds is 2. The van der Waals surface area contributed by atoms with Crippen molar-refractivity contribution in [3.8, 4) is 0 Å². The number of nitrogens with zero attached hydrogens (tertiary/aromatic N) is 2. The van der Waals surface area contributed by atoms with Gasteiger partial charge in [-0.25, -0.2) is 13.4 Å². The minimum atomic E-state index is -3.10. The van der Waals surface area contributed by atoms with Gasteiger partial charge >= 0.3 is 0 Å². The molecule has 0 spiro atoms. The van der Waals surface area contributed by atoms with Crippen LogP contribution in [-0.4, -0.2) is 44.7 Å².